The first-order chi connectivity index (χ1) is 28.5. The Kier molecular flexibility index (Phi) is 7.19. The number of anilines is 3. The second-order valence-corrected chi connectivity index (χ2v) is 17.6. The highest BCUT2D eigenvalue weighted by Crippen LogP contribution is 2.62. The third-order valence-electron chi connectivity index (χ3n) is 13.1. The molecule has 0 fully saturated rings. The number of hydrogen-bond acceptors (Lipinski definition) is 2. The Morgan fingerprint density at radius 1 is 0.345 bits per heavy atom. The van der Waals surface area contributed by atoms with E-state index in [4.69, 9.17) is 0 Å². The van der Waals surface area contributed by atoms with Crippen molar-refractivity contribution < 1.29 is 0 Å². The summed E-state index contributed by atoms with van der Waals surface area (Å²) in [6.07, 6.45) is 0. The van der Waals surface area contributed by atoms with Gasteiger partial charge < -0.3 is 4.90 Å². The minimum atomic E-state index is -0.390. The van der Waals surface area contributed by atoms with E-state index >= 15 is 0 Å². The summed E-state index contributed by atoms with van der Waals surface area (Å²) in [6.45, 7) is 4.73. The SMILES string of the molecule is CC1(C)c2ccccc2-c2ccc(N(c3ccc(-c4ccccc4)cc3)c3ccc4cc5c(cc4c3)Sc3ccccc3C53c4ccccc4-c4ccccc43)cc21. The molecule has 0 radical (unpaired) electrons. The molecule has 2 heteroatoms. The third-order valence-corrected chi connectivity index (χ3v) is 14.2. The average Bonchev–Trinajstić information content (AvgIpc) is 3.69. The van der Waals surface area contributed by atoms with Crippen LogP contribution in [0.15, 0.2) is 210 Å². The molecule has 1 aliphatic heterocycles. The van der Waals surface area contributed by atoms with Crippen LogP contribution in [-0.2, 0) is 10.8 Å². The molecular formula is C56H39NS. The van der Waals surface area contributed by atoms with Crippen molar-refractivity contribution in [2.45, 2.75) is 34.5 Å². The van der Waals surface area contributed by atoms with E-state index < -0.39 is 5.41 Å². The molecule has 0 atom stereocenters. The van der Waals surface area contributed by atoms with Gasteiger partial charge in [-0.15, -0.1) is 0 Å². The lowest BCUT2D eigenvalue weighted by molar-refractivity contribution is 0.660. The Labute approximate surface area is 344 Å². The molecule has 1 spiro atoms. The van der Waals surface area contributed by atoms with Crippen molar-refractivity contribution in [1.29, 1.82) is 0 Å². The molecule has 0 aromatic heterocycles. The lowest BCUT2D eigenvalue weighted by Gasteiger charge is -2.40. The number of rotatable bonds is 4. The highest BCUT2D eigenvalue weighted by atomic mass is 32.2. The maximum Gasteiger partial charge on any atom is 0.0735 e. The largest absolute Gasteiger partial charge is 0.310 e. The van der Waals surface area contributed by atoms with E-state index in [1.165, 1.54) is 87.3 Å². The van der Waals surface area contributed by atoms with Gasteiger partial charge in [0.1, 0.15) is 0 Å². The zero-order valence-corrected chi connectivity index (χ0v) is 33.2. The van der Waals surface area contributed by atoms with E-state index in [1.54, 1.807) is 0 Å². The van der Waals surface area contributed by atoms with Crippen molar-refractivity contribution in [3.05, 3.63) is 234 Å². The summed E-state index contributed by atoms with van der Waals surface area (Å²) in [6, 6.07) is 74.9. The van der Waals surface area contributed by atoms with Crippen molar-refractivity contribution in [3.63, 3.8) is 0 Å². The molecule has 58 heavy (non-hydrogen) atoms. The van der Waals surface area contributed by atoms with Crippen LogP contribution in [0.2, 0.25) is 0 Å². The van der Waals surface area contributed by atoms with E-state index in [2.05, 4.69) is 219 Å². The van der Waals surface area contributed by atoms with Crippen LogP contribution in [0.5, 0.6) is 0 Å². The molecule has 0 saturated carbocycles. The predicted octanol–water partition coefficient (Wildman–Crippen LogP) is 15.1. The monoisotopic (exact) mass is 757 g/mol. The van der Waals surface area contributed by atoms with E-state index in [-0.39, 0.29) is 5.41 Å². The second kappa shape index (κ2) is 12.4. The summed E-state index contributed by atoms with van der Waals surface area (Å²) in [4.78, 5) is 5.07. The summed E-state index contributed by atoms with van der Waals surface area (Å²) in [5, 5.41) is 2.48. The van der Waals surface area contributed by atoms with Gasteiger partial charge in [-0.2, -0.15) is 0 Å². The molecule has 2 aliphatic carbocycles. The molecular weight excluding hydrogens is 719 g/mol. The highest BCUT2D eigenvalue weighted by molar-refractivity contribution is 7.99. The molecule has 0 amide bonds. The zero-order valence-electron chi connectivity index (χ0n) is 32.4. The fraction of sp³-hybridized carbons (Fsp3) is 0.0714. The average molecular weight is 758 g/mol. The quantitative estimate of drug-likeness (QED) is 0.176. The predicted molar refractivity (Wildman–Crippen MR) is 243 cm³/mol. The van der Waals surface area contributed by atoms with Crippen molar-refractivity contribution in [3.8, 4) is 33.4 Å². The van der Waals surface area contributed by atoms with Crippen LogP contribution in [0.1, 0.15) is 47.2 Å². The maximum absolute atomic E-state index is 2.49. The summed E-state index contributed by atoms with van der Waals surface area (Å²) in [5.74, 6) is 0. The first kappa shape index (κ1) is 33.5. The van der Waals surface area contributed by atoms with Crippen LogP contribution in [-0.4, -0.2) is 0 Å². The van der Waals surface area contributed by atoms with Gasteiger partial charge in [0.15, 0.2) is 0 Å². The maximum atomic E-state index is 2.49. The zero-order chi connectivity index (χ0) is 38.6. The Morgan fingerprint density at radius 3 is 1.60 bits per heavy atom. The standard InChI is InChI=1S/C56H39NS/c1-55(2)47-19-9-6-16-43(47)46-31-30-42(35-51(46)55)57(40-27-24-37(25-28-40)36-14-4-3-5-15-36)41-29-26-38-33-52-54(34-39(38)32-41)58-53-23-13-12-22-50(53)56(52)48-20-10-7-17-44(48)45-18-8-11-21-49(45)56/h3-35H,1-2H3. The van der Waals surface area contributed by atoms with Crippen LogP contribution in [0.3, 0.4) is 0 Å². The van der Waals surface area contributed by atoms with Crippen LogP contribution < -0.4 is 4.90 Å². The van der Waals surface area contributed by atoms with Gasteiger partial charge in [-0.1, -0.05) is 171 Å². The molecule has 274 valence electrons. The highest BCUT2D eigenvalue weighted by Gasteiger charge is 2.50. The Morgan fingerprint density at radius 2 is 0.879 bits per heavy atom. The van der Waals surface area contributed by atoms with Crippen LogP contribution in [0, 0.1) is 0 Å². The van der Waals surface area contributed by atoms with Crippen molar-refractivity contribution >= 4 is 39.6 Å². The smallest absolute Gasteiger partial charge is 0.0735 e. The van der Waals surface area contributed by atoms with Gasteiger partial charge in [0.2, 0.25) is 0 Å². The van der Waals surface area contributed by atoms with Crippen molar-refractivity contribution in [2.24, 2.45) is 0 Å². The lowest BCUT2D eigenvalue weighted by atomic mass is 9.67. The minimum Gasteiger partial charge on any atom is -0.310 e. The summed E-state index contributed by atoms with van der Waals surface area (Å²) >= 11 is 1.91. The van der Waals surface area contributed by atoms with Gasteiger partial charge in [0, 0.05) is 32.3 Å². The molecule has 0 N–H and O–H groups in total. The topological polar surface area (TPSA) is 3.24 Å². The minimum absolute atomic E-state index is 0.103. The fourth-order valence-corrected chi connectivity index (χ4v) is 11.7. The van der Waals surface area contributed by atoms with Gasteiger partial charge in [0.25, 0.3) is 0 Å². The third kappa shape index (κ3) is 4.67. The molecule has 0 unspecified atom stereocenters. The van der Waals surface area contributed by atoms with Gasteiger partial charge >= 0.3 is 0 Å². The fourth-order valence-electron chi connectivity index (χ4n) is 10.4. The Balaban J connectivity index is 1.05. The summed E-state index contributed by atoms with van der Waals surface area (Å²) in [7, 11) is 0. The molecule has 1 nitrogen and oxygen atoms in total. The first-order valence-corrected chi connectivity index (χ1v) is 21.1. The van der Waals surface area contributed by atoms with Gasteiger partial charge in [-0.25, -0.2) is 0 Å². The number of hydrogen-bond donors (Lipinski definition) is 0. The summed E-state index contributed by atoms with van der Waals surface area (Å²) < 4.78 is 0. The van der Waals surface area contributed by atoms with Crippen LogP contribution >= 0.6 is 11.8 Å². The first-order valence-electron chi connectivity index (χ1n) is 20.3. The molecule has 12 rings (SSSR count). The Hall–Kier alpha value is -6.61. The van der Waals surface area contributed by atoms with E-state index in [0.717, 1.165) is 17.1 Å². The van der Waals surface area contributed by atoms with Crippen molar-refractivity contribution in [2.75, 3.05) is 4.90 Å². The molecule has 9 aromatic carbocycles. The van der Waals surface area contributed by atoms with Crippen LogP contribution in [0.25, 0.3) is 44.2 Å². The molecule has 0 bridgehead atoms. The molecule has 1 heterocycles. The van der Waals surface area contributed by atoms with Crippen molar-refractivity contribution in [1.82, 2.24) is 0 Å². The van der Waals surface area contributed by atoms with Gasteiger partial charge in [-0.3, -0.25) is 0 Å². The molecule has 9 aromatic rings. The van der Waals surface area contributed by atoms with E-state index in [1.807, 2.05) is 11.8 Å². The van der Waals surface area contributed by atoms with Gasteiger partial charge in [0.05, 0.1) is 5.41 Å². The second-order valence-electron chi connectivity index (χ2n) is 16.5. The molecule has 0 saturated heterocycles. The normalized spacial score (nSPS) is 14.6. The van der Waals surface area contributed by atoms with Gasteiger partial charge in [-0.05, 0) is 132 Å². The summed E-state index contributed by atoms with van der Waals surface area (Å²) in [5.41, 5.74) is 18.9. The van der Waals surface area contributed by atoms with Crippen LogP contribution in [0.4, 0.5) is 17.1 Å². The lowest BCUT2D eigenvalue weighted by Crippen LogP contribution is -2.31. The van der Waals surface area contributed by atoms with E-state index in [9.17, 15) is 0 Å². The number of fused-ring (bicyclic) bond motifs is 13. The molecule has 3 aliphatic rings. The number of nitrogens with zero attached hydrogens (tertiary/aromatic N) is 1. The number of benzene rings is 9. The Bertz CT molecular complexity index is 3080. The van der Waals surface area contributed by atoms with E-state index in [0.29, 0.717) is 0 Å².